The molecule has 0 bridgehead atoms. The minimum Gasteiger partial charge on any atom is -0.278 e. The monoisotopic (exact) mass is 355 g/mol. The highest BCUT2D eigenvalue weighted by atomic mass is 79.9. The molecule has 3 aromatic rings. The van der Waals surface area contributed by atoms with Gasteiger partial charge in [0.1, 0.15) is 11.6 Å². The van der Waals surface area contributed by atoms with Crippen LogP contribution in [0.15, 0.2) is 58.6 Å². The first-order chi connectivity index (χ1) is 10.8. The Morgan fingerprint density at radius 2 is 2.00 bits per heavy atom. The molecule has 3 nitrogen and oxygen atoms in total. The van der Waals surface area contributed by atoms with E-state index in [1.54, 1.807) is 12.3 Å². The van der Waals surface area contributed by atoms with Crippen molar-refractivity contribution in [3.05, 3.63) is 59.2 Å². The van der Waals surface area contributed by atoms with Gasteiger partial charge in [-0.15, -0.1) is 0 Å². The molecule has 4 heteroatoms. The Morgan fingerprint density at radius 3 is 2.59 bits per heavy atom. The highest BCUT2D eigenvalue weighted by Gasteiger charge is 2.16. The topological polar surface area (TPSA) is 30.2 Å². The Morgan fingerprint density at radius 1 is 1.23 bits per heavy atom. The van der Waals surface area contributed by atoms with Crippen LogP contribution in [0, 0.1) is 0 Å². The van der Waals surface area contributed by atoms with Gasteiger partial charge in [-0.05, 0) is 37.0 Å². The van der Waals surface area contributed by atoms with Crippen molar-refractivity contribution in [2.75, 3.05) is 0 Å². The third-order valence-corrected chi connectivity index (χ3v) is 3.67. The molecular weight excluding hydrogens is 338 g/mol. The molecule has 0 atom stereocenters. The van der Waals surface area contributed by atoms with Gasteiger partial charge in [0, 0.05) is 21.6 Å². The van der Waals surface area contributed by atoms with Crippen LogP contribution in [0.2, 0.25) is 0 Å². The van der Waals surface area contributed by atoms with Gasteiger partial charge in [-0.3, -0.25) is 4.57 Å². The Hall–Kier alpha value is -2.20. The zero-order valence-electron chi connectivity index (χ0n) is 12.8. The lowest BCUT2D eigenvalue weighted by atomic mass is 10.1. The Labute approximate surface area is 139 Å². The Bertz CT molecular complexity index is 804. The zero-order chi connectivity index (χ0) is 16.1. The Balaban J connectivity index is 0.000000847. The SMILES string of the molecule is C=Cc1c(N=C)n(-c2ccccn2)c2ccc(Br)cc12.CC. The Kier molecular flexibility index (Phi) is 5.28. The van der Waals surface area contributed by atoms with Crippen molar-refractivity contribution in [2.45, 2.75) is 13.8 Å². The number of aromatic nitrogens is 2. The summed E-state index contributed by atoms with van der Waals surface area (Å²) in [5.74, 6) is 1.57. The van der Waals surface area contributed by atoms with Crippen molar-refractivity contribution in [3.8, 4) is 5.82 Å². The molecule has 0 spiro atoms. The first-order valence-electron chi connectivity index (χ1n) is 7.11. The molecule has 0 N–H and O–H groups in total. The molecule has 0 amide bonds. The molecule has 22 heavy (non-hydrogen) atoms. The molecule has 112 valence electrons. The van der Waals surface area contributed by atoms with Crippen molar-refractivity contribution in [2.24, 2.45) is 4.99 Å². The van der Waals surface area contributed by atoms with Crippen molar-refractivity contribution < 1.29 is 0 Å². The van der Waals surface area contributed by atoms with Crippen LogP contribution in [-0.4, -0.2) is 16.3 Å². The van der Waals surface area contributed by atoms with Gasteiger partial charge in [-0.1, -0.05) is 48.5 Å². The average molecular weight is 356 g/mol. The van der Waals surface area contributed by atoms with Crippen LogP contribution in [0.25, 0.3) is 22.8 Å². The smallest absolute Gasteiger partial charge is 0.145 e. The number of fused-ring (bicyclic) bond motifs is 1. The lowest BCUT2D eigenvalue weighted by Gasteiger charge is -2.06. The van der Waals surface area contributed by atoms with E-state index >= 15 is 0 Å². The highest BCUT2D eigenvalue weighted by Crippen LogP contribution is 2.36. The molecule has 0 fully saturated rings. The maximum atomic E-state index is 4.41. The first kappa shape index (κ1) is 16.2. The molecule has 0 aliphatic carbocycles. The van der Waals surface area contributed by atoms with Gasteiger partial charge in [-0.2, -0.15) is 0 Å². The second-order valence-corrected chi connectivity index (χ2v) is 5.20. The fourth-order valence-corrected chi connectivity index (χ4v) is 2.71. The average Bonchev–Trinajstić information content (AvgIpc) is 2.89. The molecule has 1 aromatic carbocycles. The minimum absolute atomic E-state index is 0.756. The lowest BCUT2D eigenvalue weighted by molar-refractivity contribution is 1.04. The number of pyridine rings is 1. The van der Waals surface area contributed by atoms with Gasteiger partial charge in [0.2, 0.25) is 0 Å². The number of nitrogens with zero attached hydrogens (tertiary/aromatic N) is 3. The van der Waals surface area contributed by atoms with Gasteiger partial charge in [0.15, 0.2) is 0 Å². The normalized spacial score (nSPS) is 9.95. The summed E-state index contributed by atoms with van der Waals surface area (Å²) in [5, 5.41) is 1.07. The van der Waals surface area contributed by atoms with Gasteiger partial charge in [0.05, 0.1) is 5.52 Å². The van der Waals surface area contributed by atoms with Crippen LogP contribution < -0.4 is 0 Å². The van der Waals surface area contributed by atoms with Gasteiger partial charge in [0.25, 0.3) is 0 Å². The van der Waals surface area contributed by atoms with E-state index in [-0.39, 0.29) is 0 Å². The van der Waals surface area contributed by atoms with Crippen molar-refractivity contribution in [1.29, 1.82) is 0 Å². The number of halogens is 1. The van der Waals surface area contributed by atoms with E-state index in [1.807, 2.05) is 48.7 Å². The molecule has 0 aliphatic rings. The molecule has 3 rings (SSSR count). The number of benzene rings is 1. The van der Waals surface area contributed by atoms with E-state index in [9.17, 15) is 0 Å². The van der Waals surface area contributed by atoms with E-state index in [4.69, 9.17) is 0 Å². The van der Waals surface area contributed by atoms with Crippen LogP contribution in [0.1, 0.15) is 19.4 Å². The van der Waals surface area contributed by atoms with Crippen molar-refractivity contribution >= 4 is 45.4 Å². The van der Waals surface area contributed by atoms with E-state index in [2.05, 4.69) is 45.3 Å². The second kappa shape index (κ2) is 7.18. The van der Waals surface area contributed by atoms with E-state index < -0.39 is 0 Å². The van der Waals surface area contributed by atoms with Crippen LogP contribution >= 0.6 is 15.9 Å². The molecule has 2 aromatic heterocycles. The minimum atomic E-state index is 0.756. The molecule has 0 unspecified atom stereocenters. The molecular formula is C18H18BrN3. The number of hydrogen-bond donors (Lipinski definition) is 0. The van der Waals surface area contributed by atoms with Gasteiger partial charge < -0.3 is 0 Å². The van der Waals surface area contributed by atoms with E-state index in [1.165, 1.54) is 0 Å². The molecule has 0 aliphatic heterocycles. The summed E-state index contributed by atoms with van der Waals surface area (Å²) in [4.78, 5) is 8.58. The fraction of sp³-hybridized carbons (Fsp3) is 0.111. The predicted molar refractivity (Wildman–Crippen MR) is 99.4 cm³/mol. The first-order valence-corrected chi connectivity index (χ1v) is 7.90. The summed E-state index contributed by atoms with van der Waals surface area (Å²) in [5.41, 5.74) is 1.99. The maximum absolute atomic E-state index is 4.41. The molecule has 0 saturated heterocycles. The summed E-state index contributed by atoms with van der Waals surface area (Å²) in [7, 11) is 0. The summed E-state index contributed by atoms with van der Waals surface area (Å²) in [6, 6.07) is 11.9. The third kappa shape index (κ3) is 2.74. The quantitative estimate of drug-likeness (QED) is 0.546. The fourth-order valence-electron chi connectivity index (χ4n) is 2.35. The summed E-state index contributed by atoms with van der Waals surface area (Å²) in [6.07, 6.45) is 3.57. The molecule has 0 saturated carbocycles. The van der Waals surface area contributed by atoms with Crippen LogP contribution in [-0.2, 0) is 0 Å². The largest absolute Gasteiger partial charge is 0.278 e. The number of aliphatic imine (C=N–C) groups is 1. The summed E-state index contributed by atoms with van der Waals surface area (Å²) < 4.78 is 3.01. The molecule has 0 radical (unpaired) electrons. The maximum Gasteiger partial charge on any atom is 0.145 e. The highest BCUT2D eigenvalue weighted by molar-refractivity contribution is 9.10. The van der Waals surface area contributed by atoms with Crippen LogP contribution in [0.3, 0.4) is 0 Å². The van der Waals surface area contributed by atoms with Crippen LogP contribution in [0.5, 0.6) is 0 Å². The predicted octanol–water partition coefficient (Wildman–Crippen LogP) is 5.79. The summed E-state index contributed by atoms with van der Waals surface area (Å²) in [6.45, 7) is 11.6. The zero-order valence-corrected chi connectivity index (χ0v) is 14.3. The summed E-state index contributed by atoms with van der Waals surface area (Å²) >= 11 is 3.50. The van der Waals surface area contributed by atoms with Gasteiger partial charge in [-0.25, -0.2) is 9.98 Å². The second-order valence-electron chi connectivity index (χ2n) is 4.28. The van der Waals surface area contributed by atoms with E-state index in [0.29, 0.717) is 0 Å². The van der Waals surface area contributed by atoms with Crippen LogP contribution in [0.4, 0.5) is 5.82 Å². The third-order valence-electron chi connectivity index (χ3n) is 3.17. The number of hydrogen-bond acceptors (Lipinski definition) is 2. The van der Waals surface area contributed by atoms with Crippen molar-refractivity contribution in [3.63, 3.8) is 0 Å². The molecule has 2 heterocycles. The lowest BCUT2D eigenvalue weighted by Crippen LogP contribution is -1.95. The van der Waals surface area contributed by atoms with Crippen molar-refractivity contribution in [1.82, 2.24) is 9.55 Å². The standard InChI is InChI=1S/C16H12BrN3.C2H6/c1-3-12-13-10-11(17)7-8-14(13)20(16(12)18-2)15-6-4-5-9-19-15;1-2/h3-10H,1-2H2;1-2H3. The van der Waals surface area contributed by atoms with Gasteiger partial charge >= 0.3 is 0 Å². The van der Waals surface area contributed by atoms with E-state index in [0.717, 1.165) is 32.6 Å². The number of rotatable bonds is 3.